The lowest BCUT2D eigenvalue weighted by atomic mass is 9.75. The van der Waals surface area contributed by atoms with Crippen molar-refractivity contribution in [3.8, 4) is 0 Å². The highest BCUT2D eigenvalue weighted by atomic mass is 19.1. The van der Waals surface area contributed by atoms with Crippen LogP contribution >= 0.6 is 0 Å². The Morgan fingerprint density at radius 1 is 0.926 bits per heavy atom. The number of furan rings is 1. The number of likely N-dealkylation sites (tertiary alicyclic amines) is 1. The standard InChI is InChI=1S/C41H58FN3O9/c1-41(2,3)54-40(49)44-33(22-42)26-6-8-27(9-7-26)38(47)45-17-16-32(25-10-13-30(50-4)14-11-25)36(45)37(46)43-29-12-15-34-28(20-29)21-35(53-34)39(48)52-23-24-18-31(19-24)51-5/h12,15,20-21,24-27,30-33,36H,6-11,13-14,16-19,22-23H2,1-5H3,(H,43,46)(H,44,49)/t24?,25?,26?,27?,30?,31?,32-,33+,36+/m0/s1. The highest BCUT2D eigenvalue weighted by Crippen LogP contribution is 2.42. The van der Waals surface area contributed by atoms with Crippen LogP contribution in [0.15, 0.2) is 28.7 Å². The van der Waals surface area contributed by atoms with Gasteiger partial charge in [0.25, 0.3) is 0 Å². The van der Waals surface area contributed by atoms with Crippen LogP contribution in [0.5, 0.6) is 0 Å². The number of carbonyl (C=O) groups is 4. The summed E-state index contributed by atoms with van der Waals surface area (Å²) in [6, 6.07) is 5.54. The molecule has 0 spiro atoms. The summed E-state index contributed by atoms with van der Waals surface area (Å²) in [5.41, 5.74) is 0.356. The average Bonchev–Trinajstić information content (AvgIpc) is 3.77. The number of halogens is 1. The van der Waals surface area contributed by atoms with E-state index in [1.807, 2.05) is 0 Å². The number of nitrogens with one attached hydrogen (secondary N) is 2. The lowest BCUT2D eigenvalue weighted by Gasteiger charge is -2.38. The van der Waals surface area contributed by atoms with Crippen LogP contribution < -0.4 is 10.6 Å². The molecule has 4 fully saturated rings. The number of ether oxygens (including phenoxy) is 4. The van der Waals surface area contributed by atoms with E-state index in [9.17, 15) is 23.6 Å². The van der Waals surface area contributed by atoms with Crippen LogP contribution in [0.2, 0.25) is 0 Å². The number of rotatable bonds is 12. The van der Waals surface area contributed by atoms with E-state index >= 15 is 0 Å². The number of amides is 3. The summed E-state index contributed by atoms with van der Waals surface area (Å²) < 4.78 is 41.7. The number of alkyl halides is 1. The number of methoxy groups -OCH3 is 2. The van der Waals surface area contributed by atoms with Crippen molar-refractivity contribution in [3.63, 3.8) is 0 Å². The van der Waals surface area contributed by atoms with Gasteiger partial charge in [0.05, 0.1) is 24.9 Å². The maximum atomic E-state index is 14.3. The smallest absolute Gasteiger partial charge is 0.407 e. The van der Waals surface area contributed by atoms with Gasteiger partial charge in [-0.1, -0.05) is 0 Å². The molecule has 1 aromatic heterocycles. The Morgan fingerprint density at radius 2 is 1.63 bits per heavy atom. The SMILES string of the molecule is COC1CCC([C@@H]2CCN(C(=O)C3CCC([C@@H](CF)NC(=O)OC(C)(C)C)CC3)[C@H]2C(=O)Nc2ccc3oc(C(=O)OCC4CC(OC)C4)cc3c2)CC1. The number of carbonyl (C=O) groups excluding carboxylic acids is 4. The van der Waals surface area contributed by atoms with Crippen molar-refractivity contribution in [2.75, 3.05) is 39.4 Å². The second-order valence-electron chi connectivity index (χ2n) is 16.9. The normalized spacial score (nSPS) is 29.3. The van der Waals surface area contributed by atoms with E-state index < -0.39 is 36.4 Å². The summed E-state index contributed by atoms with van der Waals surface area (Å²) in [5.74, 6) is -0.520. The van der Waals surface area contributed by atoms with Gasteiger partial charge in [0.15, 0.2) is 0 Å². The summed E-state index contributed by atoms with van der Waals surface area (Å²) in [5, 5.41) is 6.45. The Hall–Kier alpha value is -3.71. The summed E-state index contributed by atoms with van der Waals surface area (Å²) >= 11 is 0. The second kappa shape index (κ2) is 17.4. The first-order valence-electron chi connectivity index (χ1n) is 19.8. The number of esters is 1. The predicted molar refractivity (Wildman–Crippen MR) is 200 cm³/mol. The van der Waals surface area contributed by atoms with Gasteiger partial charge in [0.1, 0.15) is 23.9 Å². The number of nitrogens with zero attached hydrogens (tertiary/aromatic N) is 1. The van der Waals surface area contributed by atoms with Crippen LogP contribution in [-0.4, -0.2) is 92.7 Å². The Morgan fingerprint density at radius 3 is 2.28 bits per heavy atom. The molecule has 3 atom stereocenters. The third-order valence-corrected chi connectivity index (χ3v) is 12.2. The summed E-state index contributed by atoms with van der Waals surface area (Å²) in [6.45, 7) is 5.38. The highest BCUT2D eigenvalue weighted by Gasteiger charge is 2.47. The molecule has 3 amide bonds. The van der Waals surface area contributed by atoms with Gasteiger partial charge in [-0.3, -0.25) is 9.59 Å². The molecule has 1 saturated heterocycles. The second-order valence-corrected chi connectivity index (χ2v) is 16.9. The number of alkyl carbamates (subject to hydrolysis) is 1. The maximum Gasteiger partial charge on any atom is 0.407 e. The first kappa shape index (κ1) is 40.0. The molecule has 2 heterocycles. The molecule has 0 unspecified atom stereocenters. The molecule has 3 aliphatic carbocycles. The Bertz CT molecular complexity index is 1620. The first-order valence-corrected chi connectivity index (χ1v) is 19.8. The van der Waals surface area contributed by atoms with E-state index in [4.69, 9.17) is 23.4 Å². The molecule has 12 nitrogen and oxygen atoms in total. The minimum Gasteiger partial charge on any atom is -0.460 e. The quantitative estimate of drug-likeness (QED) is 0.218. The molecule has 1 aromatic carbocycles. The van der Waals surface area contributed by atoms with Gasteiger partial charge in [-0.15, -0.1) is 0 Å². The van der Waals surface area contributed by atoms with Gasteiger partial charge >= 0.3 is 12.1 Å². The van der Waals surface area contributed by atoms with Crippen LogP contribution in [0.25, 0.3) is 11.0 Å². The molecule has 298 valence electrons. The molecule has 6 rings (SSSR count). The number of hydrogen-bond acceptors (Lipinski definition) is 9. The molecule has 3 saturated carbocycles. The van der Waals surface area contributed by atoms with Crippen LogP contribution in [0.3, 0.4) is 0 Å². The fourth-order valence-corrected chi connectivity index (χ4v) is 9.10. The number of benzene rings is 1. The highest BCUT2D eigenvalue weighted by molar-refractivity contribution is 6.00. The number of hydrogen-bond donors (Lipinski definition) is 2. The fraction of sp³-hybridized carbons (Fsp3) is 0.707. The topological polar surface area (TPSA) is 146 Å². The lowest BCUT2D eigenvalue weighted by molar-refractivity contribution is -0.142. The molecule has 54 heavy (non-hydrogen) atoms. The van der Waals surface area contributed by atoms with Crippen LogP contribution in [0.4, 0.5) is 14.9 Å². The van der Waals surface area contributed by atoms with E-state index in [1.165, 1.54) is 0 Å². The summed E-state index contributed by atoms with van der Waals surface area (Å²) in [4.78, 5) is 55.5. The Balaban J connectivity index is 1.11. The van der Waals surface area contributed by atoms with Crippen molar-refractivity contribution in [2.24, 2.45) is 29.6 Å². The minimum absolute atomic E-state index is 0.00547. The van der Waals surface area contributed by atoms with E-state index in [2.05, 4.69) is 10.6 Å². The van der Waals surface area contributed by atoms with Gasteiger partial charge < -0.3 is 38.9 Å². The van der Waals surface area contributed by atoms with E-state index in [0.29, 0.717) is 55.5 Å². The molecule has 0 radical (unpaired) electrons. The van der Waals surface area contributed by atoms with Crippen molar-refractivity contribution in [1.29, 1.82) is 0 Å². The number of anilines is 1. The zero-order chi connectivity index (χ0) is 38.6. The lowest BCUT2D eigenvalue weighted by Crippen LogP contribution is -2.50. The first-order chi connectivity index (χ1) is 25.8. The minimum atomic E-state index is -0.712. The third-order valence-electron chi connectivity index (χ3n) is 12.2. The van der Waals surface area contributed by atoms with Crippen molar-refractivity contribution in [3.05, 3.63) is 30.0 Å². The zero-order valence-corrected chi connectivity index (χ0v) is 32.4. The van der Waals surface area contributed by atoms with Crippen molar-refractivity contribution < 1.29 is 46.9 Å². The van der Waals surface area contributed by atoms with E-state index in [1.54, 1.807) is 64.2 Å². The van der Waals surface area contributed by atoms with Gasteiger partial charge in [-0.25, -0.2) is 14.0 Å². The molecular formula is C41H58FN3O9. The third kappa shape index (κ3) is 9.56. The summed E-state index contributed by atoms with van der Waals surface area (Å²) in [6.07, 6.45) is 8.27. The van der Waals surface area contributed by atoms with Crippen LogP contribution in [-0.2, 0) is 28.5 Å². The predicted octanol–water partition coefficient (Wildman–Crippen LogP) is 7.04. The zero-order valence-electron chi connectivity index (χ0n) is 32.4. The van der Waals surface area contributed by atoms with Gasteiger partial charge in [0.2, 0.25) is 17.6 Å². The molecule has 1 aliphatic heterocycles. The number of fused-ring (bicyclic) bond motifs is 1. The fourth-order valence-electron chi connectivity index (χ4n) is 9.10. The average molecular weight is 756 g/mol. The van der Waals surface area contributed by atoms with E-state index in [0.717, 1.165) is 44.9 Å². The van der Waals surface area contributed by atoms with Crippen molar-refractivity contribution in [1.82, 2.24) is 10.2 Å². The Labute approximate surface area is 317 Å². The molecule has 13 heteroatoms. The van der Waals surface area contributed by atoms with Gasteiger partial charge in [-0.2, -0.15) is 0 Å². The van der Waals surface area contributed by atoms with Crippen LogP contribution in [0.1, 0.15) is 102 Å². The monoisotopic (exact) mass is 755 g/mol. The van der Waals surface area contributed by atoms with E-state index in [-0.39, 0.29) is 59.4 Å². The maximum absolute atomic E-state index is 14.3. The van der Waals surface area contributed by atoms with Crippen molar-refractivity contribution >= 4 is 40.5 Å². The van der Waals surface area contributed by atoms with Gasteiger partial charge in [-0.05, 0) is 139 Å². The molecule has 0 bridgehead atoms. The summed E-state index contributed by atoms with van der Waals surface area (Å²) in [7, 11) is 3.42. The van der Waals surface area contributed by atoms with Crippen LogP contribution in [0, 0.1) is 29.6 Å². The van der Waals surface area contributed by atoms with Gasteiger partial charge in [0, 0.05) is 37.8 Å². The molecule has 2 N–H and O–H groups in total. The van der Waals surface area contributed by atoms with Crippen molar-refractivity contribution in [2.45, 2.75) is 121 Å². The largest absolute Gasteiger partial charge is 0.460 e. The molecular weight excluding hydrogens is 697 g/mol. The molecule has 2 aromatic rings. The Kier molecular flexibility index (Phi) is 12.9. The molecule has 4 aliphatic rings.